The summed E-state index contributed by atoms with van der Waals surface area (Å²) < 4.78 is 0. The number of rotatable bonds is 6. The van der Waals surface area contributed by atoms with Crippen molar-refractivity contribution in [3.05, 3.63) is 131 Å². The molecule has 0 aliphatic heterocycles. The highest BCUT2D eigenvalue weighted by Gasteiger charge is 2.28. The first-order chi connectivity index (χ1) is 17.5. The Hall–Kier alpha value is -4.96. The van der Waals surface area contributed by atoms with E-state index in [2.05, 4.69) is 0 Å². The van der Waals surface area contributed by atoms with E-state index in [0.29, 0.717) is 27.6 Å². The zero-order valence-electron chi connectivity index (χ0n) is 19.0. The van der Waals surface area contributed by atoms with E-state index in [9.17, 15) is 19.2 Å². The lowest BCUT2D eigenvalue weighted by Gasteiger charge is -2.08. The highest BCUT2D eigenvalue weighted by molar-refractivity contribution is 6.51. The molecule has 0 fully saturated rings. The highest BCUT2D eigenvalue weighted by Crippen LogP contribution is 2.48. The number of hydrogen-bond donors (Lipinski definition) is 0. The van der Waals surface area contributed by atoms with Crippen molar-refractivity contribution < 1.29 is 19.2 Å². The van der Waals surface area contributed by atoms with Crippen LogP contribution >= 0.6 is 0 Å². The van der Waals surface area contributed by atoms with Crippen LogP contribution in [-0.4, -0.2) is 23.1 Å². The van der Waals surface area contributed by atoms with Crippen molar-refractivity contribution in [3.63, 3.8) is 0 Å². The molecule has 0 heterocycles. The van der Waals surface area contributed by atoms with Crippen LogP contribution in [-0.2, 0) is 0 Å². The van der Waals surface area contributed by atoms with Gasteiger partial charge in [0.1, 0.15) is 0 Å². The molecule has 0 N–H and O–H groups in total. The first kappa shape index (κ1) is 21.6. The largest absolute Gasteiger partial charge is 0.285 e. The first-order valence-electron chi connectivity index (χ1n) is 11.5. The van der Waals surface area contributed by atoms with Gasteiger partial charge in [-0.05, 0) is 45.2 Å². The number of carbonyl (C=O) groups is 4. The van der Waals surface area contributed by atoms with Crippen molar-refractivity contribution in [2.45, 2.75) is 0 Å². The Labute approximate surface area is 206 Å². The number of hydrogen-bond acceptors (Lipinski definition) is 4. The third kappa shape index (κ3) is 3.31. The molecule has 0 saturated heterocycles. The second-order valence-electron chi connectivity index (χ2n) is 8.70. The summed E-state index contributed by atoms with van der Waals surface area (Å²) in [6.45, 7) is 0. The van der Waals surface area contributed by atoms with Crippen LogP contribution < -0.4 is 0 Å². The number of fused-ring (bicyclic) bond motifs is 3. The highest BCUT2D eigenvalue weighted by atomic mass is 16.2. The maximum absolute atomic E-state index is 13.2. The van der Waals surface area contributed by atoms with E-state index in [1.54, 1.807) is 78.9 Å². The Morgan fingerprint density at radius 2 is 0.944 bits per heavy atom. The zero-order chi connectivity index (χ0) is 24.8. The van der Waals surface area contributed by atoms with Gasteiger partial charge in [-0.25, -0.2) is 0 Å². The molecule has 4 heteroatoms. The number of ketones is 4. The molecule has 0 bridgehead atoms. The molecule has 0 unspecified atom stereocenters. The van der Waals surface area contributed by atoms with Gasteiger partial charge in [-0.1, -0.05) is 97.1 Å². The molecule has 1 aliphatic carbocycles. The summed E-state index contributed by atoms with van der Waals surface area (Å²) in [5.41, 5.74) is 4.86. The van der Waals surface area contributed by atoms with Gasteiger partial charge in [-0.15, -0.1) is 0 Å². The van der Waals surface area contributed by atoms with E-state index in [-0.39, 0.29) is 0 Å². The summed E-state index contributed by atoms with van der Waals surface area (Å²) in [6.07, 6.45) is 0. The summed E-state index contributed by atoms with van der Waals surface area (Å²) in [5, 5.41) is 1.54. The fourth-order valence-electron chi connectivity index (χ4n) is 4.89. The van der Waals surface area contributed by atoms with Crippen LogP contribution in [0.25, 0.3) is 33.0 Å². The summed E-state index contributed by atoms with van der Waals surface area (Å²) in [7, 11) is 0. The van der Waals surface area contributed by atoms with Gasteiger partial charge >= 0.3 is 0 Å². The Kier molecular flexibility index (Phi) is 5.01. The normalized spacial score (nSPS) is 11.2. The molecule has 0 spiro atoms. The molecule has 0 saturated carbocycles. The Bertz CT molecular complexity index is 1730. The minimum Gasteiger partial charge on any atom is -0.285 e. The molecule has 6 rings (SSSR count). The third-order valence-corrected chi connectivity index (χ3v) is 6.63. The lowest BCUT2D eigenvalue weighted by molar-refractivity contribution is 0.0817. The molecular formula is C32H18O4. The van der Waals surface area contributed by atoms with Crippen molar-refractivity contribution in [1.82, 2.24) is 0 Å². The van der Waals surface area contributed by atoms with E-state index in [4.69, 9.17) is 0 Å². The lowest BCUT2D eigenvalue weighted by Crippen LogP contribution is -2.14. The van der Waals surface area contributed by atoms with Crippen LogP contribution in [0.3, 0.4) is 0 Å². The molecule has 5 aromatic rings. The summed E-state index contributed by atoms with van der Waals surface area (Å²) in [5.74, 6) is -2.25. The van der Waals surface area contributed by atoms with Crippen LogP contribution in [0.5, 0.6) is 0 Å². The topological polar surface area (TPSA) is 68.3 Å². The van der Waals surface area contributed by atoms with Gasteiger partial charge in [-0.2, -0.15) is 0 Å². The molecule has 1 aliphatic rings. The van der Waals surface area contributed by atoms with Crippen molar-refractivity contribution in [1.29, 1.82) is 0 Å². The fraction of sp³-hybridized carbons (Fsp3) is 0. The molecule has 170 valence electrons. The molecule has 5 aromatic carbocycles. The lowest BCUT2D eigenvalue weighted by atomic mass is 9.93. The molecular weight excluding hydrogens is 448 g/mol. The SMILES string of the molecule is O=C(C(=O)c1ccc2c(c1)-c1cccc3c(C(=O)C(=O)c4ccccc4)ccc-2c13)c1ccccc1. The molecule has 0 atom stereocenters. The molecule has 0 aromatic heterocycles. The van der Waals surface area contributed by atoms with Crippen LogP contribution in [0.1, 0.15) is 41.4 Å². The Morgan fingerprint density at radius 1 is 0.389 bits per heavy atom. The summed E-state index contributed by atoms with van der Waals surface area (Å²) in [4.78, 5) is 51.8. The zero-order valence-corrected chi connectivity index (χ0v) is 19.0. The third-order valence-electron chi connectivity index (χ3n) is 6.63. The van der Waals surface area contributed by atoms with E-state index < -0.39 is 23.1 Å². The van der Waals surface area contributed by atoms with Gasteiger partial charge in [0, 0.05) is 22.3 Å². The molecule has 0 amide bonds. The molecule has 0 radical (unpaired) electrons. The number of Topliss-reactive ketones (excluding diaryl/α,β-unsaturated/α-hetero) is 4. The van der Waals surface area contributed by atoms with Crippen molar-refractivity contribution >= 4 is 33.9 Å². The first-order valence-corrected chi connectivity index (χ1v) is 11.5. The quantitative estimate of drug-likeness (QED) is 0.204. The minimum atomic E-state index is -0.573. The van der Waals surface area contributed by atoms with E-state index >= 15 is 0 Å². The molecule has 4 nitrogen and oxygen atoms in total. The van der Waals surface area contributed by atoms with Crippen LogP contribution in [0, 0.1) is 0 Å². The van der Waals surface area contributed by atoms with E-state index in [0.717, 1.165) is 27.6 Å². The summed E-state index contributed by atoms with van der Waals surface area (Å²) in [6, 6.07) is 31.4. The van der Waals surface area contributed by atoms with E-state index in [1.165, 1.54) is 0 Å². The predicted molar refractivity (Wildman–Crippen MR) is 139 cm³/mol. The monoisotopic (exact) mass is 466 g/mol. The average molecular weight is 466 g/mol. The van der Waals surface area contributed by atoms with Gasteiger partial charge in [0.15, 0.2) is 0 Å². The van der Waals surface area contributed by atoms with Crippen LogP contribution in [0.15, 0.2) is 109 Å². The maximum Gasteiger partial charge on any atom is 0.234 e. The molecule has 36 heavy (non-hydrogen) atoms. The van der Waals surface area contributed by atoms with Crippen molar-refractivity contribution in [2.75, 3.05) is 0 Å². The van der Waals surface area contributed by atoms with Crippen molar-refractivity contribution in [3.8, 4) is 22.3 Å². The van der Waals surface area contributed by atoms with Gasteiger partial charge < -0.3 is 0 Å². The van der Waals surface area contributed by atoms with Gasteiger partial charge in [0.05, 0.1) is 0 Å². The van der Waals surface area contributed by atoms with Crippen molar-refractivity contribution in [2.24, 2.45) is 0 Å². The smallest absolute Gasteiger partial charge is 0.234 e. The van der Waals surface area contributed by atoms with Gasteiger partial charge in [0.2, 0.25) is 23.1 Å². The second-order valence-corrected chi connectivity index (χ2v) is 8.70. The van der Waals surface area contributed by atoms with Crippen LogP contribution in [0.2, 0.25) is 0 Å². The average Bonchev–Trinajstić information content (AvgIpc) is 3.27. The van der Waals surface area contributed by atoms with E-state index in [1.807, 2.05) is 30.3 Å². The number of benzene rings is 5. The summed E-state index contributed by atoms with van der Waals surface area (Å²) >= 11 is 0. The minimum absolute atomic E-state index is 0.308. The second kappa shape index (κ2) is 8.36. The Balaban J connectivity index is 1.43. The van der Waals surface area contributed by atoms with Gasteiger partial charge in [0.25, 0.3) is 0 Å². The Morgan fingerprint density at radius 3 is 1.61 bits per heavy atom. The number of carbonyl (C=O) groups excluding carboxylic acids is 4. The maximum atomic E-state index is 13.2. The standard InChI is InChI=1S/C32H18O4/c33-29(19-8-3-1-4-9-19)31(35)21-14-15-22-25-16-17-26(32(36)30(34)20-10-5-2-6-11-20)23-12-7-13-24(28(23)25)27(22)18-21/h1-18H. The van der Waals surface area contributed by atoms with Gasteiger partial charge in [-0.3, -0.25) is 19.2 Å². The van der Waals surface area contributed by atoms with Crippen LogP contribution in [0.4, 0.5) is 0 Å². The fourth-order valence-corrected chi connectivity index (χ4v) is 4.89. The predicted octanol–water partition coefficient (Wildman–Crippen LogP) is 6.62.